The smallest absolute Gasteiger partial charge is 0.222 e. The molecule has 3 aromatic heterocycles. The number of hydrogen-bond donors (Lipinski definition) is 2. The molecule has 0 radical (unpaired) electrons. The van der Waals surface area contributed by atoms with Crippen molar-refractivity contribution in [1.29, 1.82) is 0 Å². The molecule has 0 atom stereocenters. The van der Waals surface area contributed by atoms with Crippen LogP contribution in [-0.2, 0) is 4.79 Å². The van der Waals surface area contributed by atoms with Gasteiger partial charge in [-0.15, -0.1) is 0 Å². The van der Waals surface area contributed by atoms with E-state index in [2.05, 4.69) is 25.6 Å². The lowest BCUT2D eigenvalue weighted by Gasteiger charge is -2.14. The summed E-state index contributed by atoms with van der Waals surface area (Å²) in [5, 5.41) is 7.53. The molecule has 25 heavy (non-hydrogen) atoms. The molecule has 1 amide bonds. The maximum Gasteiger partial charge on any atom is 0.222 e. The van der Waals surface area contributed by atoms with Crippen molar-refractivity contribution in [2.75, 3.05) is 24.3 Å². The second kappa shape index (κ2) is 7.12. The summed E-state index contributed by atoms with van der Waals surface area (Å²) in [6, 6.07) is 7.34. The van der Waals surface area contributed by atoms with Gasteiger partial charge in [0.05, 0.1) is 12.0 Å². The number of hydrogen-bond acceptors (Lipinski definition) is 6. The van der Waals surface area contributed by atoms with E-state index in [1.807, 2.05) is 31.2 Å². The van der Waals surface area contributed by atoms with Gasteiger partial charge in [0, 0.05) is 26.4 Å². The number of nitrogens with one attached hydrogen (secondary N) is 2. The number of rotatable bonds is 5. The number of ether oxygens (including phenoxy) is 1. The highest BCUT2D eigenvalue weighted by atomic mass is 16.5. The van der Waals surface area contributed by atoms with Gasteiger partial charge in [-0.2, -0.15) is 0 Å². The van der Waals surface area contributed by atoms with Gasteiger partial charge in [0.1, 0.15) is 28.8 Å². The number of amides is 1. The molecule has 3 heterocycles. The van der Waals surface area contributed by atoms with Crippen LogP contribution in [0, 0.1) is 0 Å². The molecule has 3 aromatic rings. The van der Waals surface area contributed by atoms with Crippen LogP contribution in [0.2, 0.25) is 0 Å². The summed E-state index contributed by atoms with van der Waals surface area (Å²) in [5.74, 6) is 1.58. The molecule has 3 rings (SSSR count). The van der Waals surface area contributed by atoms with E-state index in [1.54, 1.807) is 19.4 Å². The predicted molar refractivity (Wildman–Crippen MR) is 97.8 cm³/mol. The van der Waals surface area contributed by atoms with Crippen molar-refractivity contribution in [3.05, 3.63) is 36.7 Å². The molecule has 0 aliphatic carbocycles. The summed E-state index contributed by atoms with van der Waals surface area (Å²) >= 11 is 0. The fraction of sp³-hybridized carbons (Fsp3) is 0.222. The van der Waals surface area contributed by atoms with Crippen molar-refractivity contribution in [1.82, 2.24) is 15.0 Å². The van der Waals surface area contributed by atoms with Crippen LogP contribution in [0.5, 0.6) is 5.75 Å². The Bertz CT molecular complexity index is 926. The molecule has 0 spiro atoms. The maximum absolute atomic E-state index is 11.5. The quantitative estimate of drug-likeness (QED) is 0.744. The van der Waals surface area contributed by atoms with Crippen LogP contribution in [0.3, 0.4) is 0 Å². The Labute approximate surface area is 145 Å². The maximum atomic E-state index is 11.5. The molecule has 0 bridgehead atoms. The number of aromatic nitrogens is 3. The van der Waals surface area contributed by atoms with Gasteiger partial charge in [0.2, 0.25) is 5.91 Å². The van der Waals surface area contributed by atoms with Gasteiger partial charge >= 0.3 is 0 Å². The summed E-state index contributed by atoms with van der Waals surface area (Å²) in [6.07, 6.45) is 3.39. The Morgan fingerprint density at radius 1 is 1.20 bits per heavy atom. The van der Waals surface area contributed by atoms with E-state index in [4.69, 9.17) is 4.74 Å². The van der Waals surface area contributed by atoms with E-state index in [0.29, 0.717) is 35.4 Å². The fourth-order valence-corrected chi connectivity index (χ4v) is 2.65. The van der Waals surface area contributed by atoms with Gasteiger partial charge in [-0.1, -0.05) is 0 Å². The monoisotopic (exact) mass is 337 g/mol. The normalized spacial score (nSPS) is 10.5. The molecule has 0 saturated heterocycles. The minimum Gasteiger partial charge on any atom is -0.492 e. The topological polar surface area (TPSA) is 89.0 Å². The first-order valence-corrected chi connectivity index (χ1v) is 7.97. The van der Waals surface area contributed by atoms with Crippen LogP contribution >= 0.6 is 0 Å². The van der Waals surface area contributed by atoms with Crippen molar-refractivity contribution < 1.29 is 9.53 Å². The molecule has 0 aliphatic heterocycles. The third kappa shape index (κ3) is 3.35. The summed E-state index contributed by atoms with van der Waals surface area (Å²) in [7, 11) is 1.80. The van der Waals surface area contributed by atoms with Crippen LogP contribution < -0.4 is 15.4 Å². The summed E-state index contributed by atoms with van der Waals surface area (Å²) in [5.41, 5.74) is 1.20. The highest BCUT2D eigenvalue weighted by Gasteiger charge is 2.17. The van der Waals surface area contributed by atoms with Crippen LogP contribution in [0.1, 0.15) is 13.8 Å². The zero-order valence-electron chi connectivity index (χ0n) is 14.3. The summed E-state index contributed by atoms with van der Waals surface area (Å²) in [4.78, 5) is 24.9. The Balaban J connectivity index is 2.33. The van der Waals surface area contributed by atoms with Crippen LogP contribution in [0.4, 0.5) is 11.6 Å². The van der Waals surface area contributed by atoms with Gasteiger partial charge in [0.15, 0.2) is 0 Å². The lowest BCUT2D eigenvalue weighted by molar-refractivity contribution is -0.114. The minimum absolute atomic E-state index is 0.188. The van der Waals surface area contributed by atoms with Crippen LogP contribution in [0.15, 0.2) is 36.7 Å². The molecule has 0 unspecified atom stereocenters. The lowest BCUT2D eigenvalue weighted by atomic mass is 10.1. The second-order valence-electron chi connectivity index (χ2n) is 5.33. The van der Waals surface area contributed by atoms with E-state index >= 15 is 0 Å². The molecule has 128 valence electrons. The average molecular weight is 337 g/mol. The Morgan fingerprint density at radius 2 is 2.04 bits per heavy atom. The SMILES string of the molecule is CCOc1cccnc1-c1nc(NC(C)=O)cc2ccnc(NC)c12. The number of carbonyl (C=O) groups excluding carboxylic acids is 1. The number of carbonyl (C=O) groups is 1. The van der Waals surface area contributed by atoms with Gasteiger partial charge < -0.3 is 15.4 Å². The lowest BCUT2D eigenvalue weighted by Crippen LogP contribution is -2.09. The average Bonchev–Trinajstić information content (AvgIpc) is 2.60. The molecular formula is C18H19N5O2. The number of fused-ring (bicyclic) bond motifs is 1. The zero-order valence-corrected chi connectivity index (χ0v) is 14.3. The molecular weight excluding hydrogens is 318 g/mol. The highest BCUT2D eigenvalue weighted by Crippen LogP contribution is 2.36. The molecule has 2 N–H and O–H groups in total. The van der Waals surface area contributed by atoms with Gasteiger partial charge in [-0.25, -0.2) is 9.97 Å². The van der Waals surface area contributed by atoms with Crippen molar-refractivity contribution in [3.8, 4) is 17.1 Å². The van der Waals surface area contributed by atoms with E-state index < -0.39 is 0 Å². The van der Waals surface area contributed by atoms with Crippen molar-refractivity contribution in [2.45, 2.75) is 13.8 Å². The Kier molecular flexibility index (Phi) is 4.74. The van der Waals surface area contributed by atoms with Crippen LogP contribution in [0.25, 0.3) is 22.2 Å². The summed E-state index contributed by atoms with van der Waals surface area (Å²) in [6.45, 7) is 3.87. The first-order chi connectivity index (χ1) is 12.1. The van der Waals surface area contributed by atoms with Gasteiger partial charge in [-0.3, -0.25) is 9.78 Å². The molecule has 0 fully saturated rings. The van der Waals surface area contributed by atoms with Gasteiger partial charge in [0.25, 0.3) is 0 Å². The fourth-order valence-electron chi connectivity index (χ4n) is 2.65. The van der Waals surface area contributed by atoms with E-state index in [-0.39, 0.29) is 5.91 Å². The van der Waals surface area contributed by atoms with Crippen molar-refractivity contribution in [3.63, 3.8) is 0 Å². The van der Waals surface area contributed by atoms with E-state index in [0.717, 1.165) is 10.8 Å². The van der Waals surface area contributed by atoms with E-state index in [1.165, 1.54) is 6.92 Å². The van der Waals surface area contributed by atoms with E-state index in [9.17, 15) is 4.79 Å². The Morgan fingerprint density at radius 3 is 2.76 bits per heavy atom. The molecule has 0 aliphatic rings. The first-order valence-electron chi connectivity index (χ1n) is 7.97. The molecule has 0 aromatic carbocycles. The molecule has 7 nitrogen and oxygen atoms in total. The standard InChI is InChI=1S/C18H19N5O2/c1-4-25-13-6-5-8-20-16(13)17-15-12(7-9-21-18(15)19-3)10-14(23-17)22-11(2)24/h5-10H,4H2,1-3H3,(H,19,21)(H,22,23,24). The largest absolute Gasteiger partial charge is 0.492 e. The molecule has 7 heteroatoms. The number of anilines is 2. The zero-order chi connectivity index (χ0) is 17.8. The summed E-state index contributed by atoms with van der Waals surface area (Å²) < 4.78 is 5.70. The predicted octanol–water partition coefficient (Wildman–Crippen LogP) is 3.09. The number of pyridine rings is 3. The number of nitrogens with zero attached hydrogens (tertiary/aromatic N) is 3. The van der Waals surface area contributed by atoms with Gasteiger partial charge in [-0.05, 0) is 36.6 Å². The van der Waals surface area contributed by atoms with Crippen LogP contribution in [-0.4, -0.2) is 34.5 Å². The first kappa shape index (κ1) is 16.6. The second-order valence-corrected chi connectivity index (χ2v) is 5.33. The molecule has 0 saturated carbocycles. The highest BCUT2D eigenvalue weighted by molar-refractivity contribution is 6.04. The third-order valence-corrected chi connectivity index (χ3v) is 3.58. The van der Waals surface area contributed by atoms with Crippen molar-refractivity contribution in [2.24, 2.45) is 0 Å². The van der Waals surface area contributed by atoms with Crippen molar-refractivity contribution >= 4 is 28.3 Å². The third-order valence-electron chi connectivity index (χ3n) is 3.58. The minimum atomic E-state index is -0.188. The Hall–Kier alpha value is -3.22.